The van der Waals surface area contributed by atoms with Crippen molar-refractivity contribution in [3.05, 3.63) is 70.8 Å². The first-order valence-electron chi connectivity index (χ1n) is 12.6. The fourth-order valence-electron chi connectivity index (χ4n) is 4.07. The summed E-state index contributed by atoms with van der Waals surface area (Å²) in [5, 5.41) is 3.05. The average molecular weight is 557 g/mol. The van der Waals surface area contributed by atoms with Gasteiger partial charge in [-0.15, -0.1) is 0 Å². The van der Waals surface area contributed by atoms with Gasteiger partial charge in [0.25, 0.3) is 0 Å². The maximum atomic E-state index is 13.2. The summed E-state index contributed by atoms with van der Waals surface area (Å²) in [5.74, 6) is -1.40. The molecule has 208 valence electrons. The normalized spacial score (nSPS) is 20.2. The number of hydrogen-bond acceptors (Lipinski definition) is 7. The van der Waals surface area contributed by atoms with E-state index in [-0.39, 0.29) is 44.1 Å². The molecule has 2 aromatic carbocycles. The van der Waals surface area contributed by atoms with E-state index in [1.807, 2.05) is 24.3 Å². The first-order valence-corrected chi connectivity index (χ1v) is 13.0. The van der Waals surface area contributed by atoms with Crippen LogP contribution in [0.25, 0.3) is 0 Å². The molecule has 0 fully saturated rings. The van der Waals surface area contributed by atoms with E-state index in [0.717, 1.165) is 5.56 Å². The first-order chi connectivity index (χ1) is 18.7. The van der Waals surface area contributed by atoms with Gasteiger partial charge in [0.05, 0.1) is 19.8 Å². The van der Waals surface area contributed by atoms with Gasteiger partial charge in [0.15, 0.2) is 5.78 Å². The number of carbonyl (C=O) groups excluding carboxylic acids is 4. The summed E-state index contributed by atoms with van der Waals surface area (Å²) in [4.78, 5) is 53.2. The Morgan fingerprint density at radius 2 is 1.85 bits per heavy atom. The van der Waals surface area contributed by atoms with Crippen LogP contribution >= 0.6 is 11.6 Å². The molecule has 2 atom stereocenters. The summed E-state index contributed by atoms with van der Waals surface area (Å²) in [6, 6.07) is 11.0. The lowest BCUT2D eigenvalue weighted by Gasteiger charge is -2.23. The van der Waals surface area contributed by atoms with Crippen molar-refractivity contribution in [2.24, 2.45) is 5.92 Å². The van der Waals surface area contributed by atoms with Crippen molar-refractivity contribution in [2.45, 2.75) is 38.8 Å². The van der Waals surface area contributed by atoms with Crippen LogP contribution in [-0.2, 0) is 25.7 Å². The van der Waals surface area contributed by atoms with E-state index in [4.69, 9.17) is 25.8 Å². The number of carbonyl (C=O) groups is 4. The van der Waals surface area contributed by atoms with Crippen LogP contribution in [0.5, 0.6) is 11.5 Å². The molecule has 0 saturated heterocycles. The quantitative estimate of drug-likeness (QED) is 0.448. The highest BCUT2D eigenvalue weighted by molar-refractivity contribution is 6.30. The SMILES string of the molecule is COC(=O)[C@@H]1CCC(=O)N(Cc2ccc(OC)cc2)C/C=C\COc2cc(Cl)ccc2C(=O)C[C@H](C)C(=O)N1. The van der Waals surface area contributed by atoms with Crippen molar-refractivity contribution in [1.82, 2.24) is 10.2 Å². The number of rotatable bonds is 4. The van der Waals surface area contributed by atoms with Crippen molar-refractivity contribution < 1.29 is 33.4 Å². The van der Waals surface area contributed by atoms with Gasteiger partial charge in [-0.1, -0.05) is 36.7 Å². The lowest BCUT2D eigenvalue weighted by molar-refractivity contribution is -0.146. The number of benzene rings is 2. The molecule has 3 rings (SSSR count). The van der Waals surface area contributed by atoms with E-state index in [9.17, 15) is 19.2 Å². The predicted molar refractivity (Wildman–Crippen MR) is 146 cm³/mol. The van der Waals surface area contributed by atoms with Crippen LogP contribution < -0.4 is 14.8 Å². The minimum atomic E-state index is -1.03. The fraction of sp³-hybridized carbons (Fsp3) is 0.379. The van der Waals surface area contributed by atoms with Gasteiger partial charge >= 0.3 is 5.97 Å². The lowest BCUT2D eigenvalue weighted by atomic mass is 9.97. The third kappa shape index (κ3) is 8.58. The Bertz CT molecular complexity index is 1210. The molecule has 1 aliphatic heterocycles. The Hall–Kier alpha value is -3.85. The Balaban J connectivity index is 1.88. The molecule has 0 aliphatic carbocycles. The van der Waals surface area contributed by atoms with Crippen LogP contribution in [0.4, 0.5) is 0 Å². The van der Waals surface area contributed by atoms with Gasteiger partial charge in [-0.05, 0) is 48.4 Å². The molecule has 9 nitrogen and oxygen atoms in total. The number of nitrogens with one attached hydrogen (secondary N) is 1. The molecule has 0 radical (unpaired) electrons. The van der Waals surface area contributed by atoms with Gasteiger partial charge in [0.1, 0.15) is 24.1 Å². The van der Waals surface area contributed by atoms with Crippen LogP contribution in [0.15, 0.2) is 54.6 Å². The largest absolute Gasteiger partial charge is 0.497 e. The Morgan fingerprint density at radius 1 is 1.10 bits per heavy atom. The number of amides is 2. The third-order valence-electron chi connectivity index (χ3n) is 6.35. The number of Topliss-reactive ketones (excluding diaryl/α,β-unsaturated/α-hetero) is 1. The molecular weight excluding hydrogens is 524 g/mol. The van der Waals surface area contributed by atoms with E-state index >= 15 is 0 Å². The summed E-state index contributed by atoms with van der Waals surface area (Å²) >= 11 is 6.13. The highest BCUT2D eigenvalue weighted by Gasteiger charge is 2.28. The van der Waals surface area contributed by atoms with Crippen molar-refractivity contribution in [2.75, 3.05) is 27.4 Å². The molecule has 2 aromatic rings. The second-order valence-electron chi connectivity index (χ2n) is 9.20. The molecule has 39 heavy (non-hydrogen) atoms. The van der Waals surface area contributed by atoms with Gasteiger partial charge in [-0.3, -0.25) is 14.4 Å². The van der Waals surface area contributed by atoms with E-state index in [1.165, 1.54) is 7.11 Å². The zero-order valence-corrected chi connectivity index (χ0v) is 23.0. The number of ketones is 1. The molecule has 1 aliphatic rings. The maximum Gasteiger partial charge on any atom is 0.328 e. The molecular formula is C29H33ClN2O7. The predicted octanol–water partition coefficient (Wildman–Crippen LogP) is 3.97. The van der Waals surface area contributed by atoms with Crippen LogP contribution in [0, 0.1) is 5.92 Å². The fourth-order valence-corrected chi connectivity index (χ4v) is 4.23. The van der Waals surface area contributed by atoms with E-state index in [2.05, 4.69) is 5.32 Å². The van der Waals surface area contributed by atoms with Crippen molar-refractivity contribution in [3.63, 3.8) is 0 Å². The summed E-state index contributed by atoms with van der Waals surface area (Å²) in [7, 11) is 2.80. The Morgan fingerprint density at radius 3 is 2.54 bits per heavy atom. The number of halogens is 1. The minimum absolute atomic E-state index is 0.00219. The lowest BCUT2D eigenvalue weighted by Crippen LogP contribution is -2.45. The molecule has 1 heterocycles. The van der Waals surface area contributed by atoms with Gasteiger partial charge in [-0.25, -0.2) is 4.79 Å². The zero-order valence-electron chi connectivity index (χ0n) is 22.3. The second-order valence-corrected chi connectivity index (χ2v) is 9.63. The maximum absolute atomic E-state index is 13.2. The van der Waals surface area contributed by atoms with E-state index in [0.29, 0.717) is 28.6 Å². The van der Waals surface area contributed by atoms with Crippen LogP contribution in [0.2, 0.25) is 5.02 Å². The molecule has 0 bridgehead atoms. The second kappa shape index (κ2) is 14.3. The Labute approximate surface area is 233 Å². The van der Waals surface area contributed by atoms with Crippen molar-refractivity contribution in [3.8, 4) is 11.5 Å². The highest BCUT2D eigenvalue weighted by Crippen LogP contribution is 2.26. The summed E-state index contributed by atoms with van der Waals surface area (Å²) in [6.45, 7) is 2.34. The topological polar surface area (TPSA) is 111 Å². The van der Waals surface area contributed by atoms with E-state index < -0.39 is 23.8 Å². The molecule has 0 unspecified atom stereocenters. The Kier molecular flexibility index (Phi) is 10.9. The minimum Gasteiger partial charge on any atom is -0.497 e. The number of methoxy groups -OCH3 is 2. The van der Waals surface area contributed by atoms with Gasteiger partial charge in [0.2, 0.25) is 11.8 Å². The standard InChI is InChI=1S/C29H33ClN2O7/c1-19-16-25(33)23-11-8-21(30)17-26(23)39-15-5-4-14-32(18-20-6-9-22(37-2)10-7-20)27(34)13-12-24(29(36)38-3)31-28(19)35/h4-11,17,19,24H,12-16,18H2,1-3H3,(H,31,35)/b5-4-/t19-,24-/m0/s1. The molecule has 0 aromatic heterocycles. The van der Waals surface area contributed by atoms with Gasteiger partial charge in [-0.2, -0.15) is 0 Å². The molecule has 0 spiro atoms. The molecule has 0 saturated carbocycles. The molecule has 1 N–H and O–H groups in total. The zero-order chi connectivity index (χ0) is 28.4. The number of hydrogen-bond donors (Lipinski definition) is 1. The first kappa shape index (κ1) is 29.7. The van der Waals surface area contributed by atoms with Crippen LogP contribution in [0.3, 0.4) is 0 Å². The molecule has 2 amide bonds. The highest BCUT2D eigenvalue weighted by atomic mass is 35.5. The summed E-state index contributed by atoms with van der Waals surface area (Å²) in [6.07, 6.45) is 3.49. The van der Waals surface area contributed by atoms with Crippen LogP contribution in [0.1, 0.15) is 42.1 Å². The molecule has 10 heteroatoms. The average Bonchev–Trinajstić information content (AvgIpc) is 2.93. The number of fused-ring (bicyclic) bond motifs is 1. The van der Waals surface area contributed by atoms with Crippen molar-refractivity contribution in [1.29, 1.82) is 0 Å². The third-order valence-corrected chi connectivity index (χ3v) is 6.58. The van der Waals surface area contributed by atoms with Gasteiger partial charge in [0, 0.05) is 36.9 Å². The smallest absolute Gasteiger partial charge is 0.328 e. The number of ether oxygens (including phenoxy) is 3. The number of nitrogens with zero attached hydrogens (tertiary/aromatic N) is 1. The number of esters is 1. The summed E-state index contributed by atoms with van der Waals surface area (Å²) in [5.41, 5.74) is 1.20. The van der Waals surface area contributed by atoms with E-state index in [1.54, 1.807) is 49.3 Å². The van der Waals surface area contributed by atoms with Crippen LogP contribution in [-0.4, -0.2) is 61.9 Å². The van der Waals surface area contributed by atoms with Gasteiger partial charge < -0.3 is 24.4 Å². The van der Waals surface area contributed by atoms with Crippen molar-refractivity contribution >= 4 is 35.2 Å². The summed E-state index contributed by atoms with van der Waals surface area (Å²) < 4.78 is 15.9. The monoisotopic (exact) mass is 556 g/mol.